The number of carbonyl (C=O) groups is 1. The molecular formula is C18H17F2NO5. The van der Waals surface area contributed by atoms with Crippen molar-refractivity contribution < 1.29 is 32.5 Å². The fourth-order valence-electron chi connectivity index (χ4n) is 2.47. The Bertz CT molecular complexity index is 784. The zero-order chi connectivity index (χ0) is 18.5. The van der Waals surface area contributed by atoms with E-state index in [0.29, 0.717) is 18.1 Å². The minimum atomic E-state index is -2.98. The van der Waals surface area contributed by atoms with Crippen molar-refractivity contribution >= 4 is 5.91 Å². The molecule has 1 unspecified atom stereocenters. The van der Waals surface area contributed by atoms with Gasteiger partial charge in [-0.25, -0.2) is 0 Å². The SMILES string of the molecule is COc1cc(C(=O)NCC2COc3ccccc3O2)ccc1OC(F)F. The number of nitrogens with one attached hydrogen (secondary N) is 1. The Kier molecular flexibility index (Phi) is 5.40. The van der Waals surface area contributed by atoms with Crippen LogP contribution in [0.15, 0.2) is 42.5 Å². The van der Waals surface area contributed by atoms with Gasteiger partial charge in [0.05, 0.1) is 13.7 Å². The Morgan fingerprint density at radius 1 is 1.23 bits per heavy atom. The van der Waals surface area contributed by atoms with Crippen molar-refractivity contribution in [2.75, 3.05) is 20.3 Å². The van der Waals surface area contributed by atoms with E-state index in [1.165, 1.54) is 25.3 Å². The fourth-order valence-corrected chi connectivity index (χ4v) is 2.47. The number of fused-ring (bicyclic) bond motifs is 1. The molecule has 8 heteroatoms. The minimum absolute atomic E-state index is 0.0455. The Hall–Kier alpha value is -3.03. The average molecular weight is 365 g/mol. The van der Waals surface area contributed by atoms with Gasteiger partial charge in [-0.15, -0.1) is 0 Å². The van der Waals surface area contributed by atoms with Crippen molar-refractivity contribution in [3.8, 4) is 23.0 Å². The van der Waals surface area contributed by atoms with Crippen molar-refractivity contribution in [1.29, 1.82) is 0 Å². The lowest BCUT2D eigenvalue weighted by Gasteiger charge is -2.26. The summed E-state index contributed by atoms with van der Waals surface area (Å²) >= 11 is 0. The van der Waals surface area contributed by atoms with Crippen LogP contribution in [0.4, 0.5) is 8.78 Å². The number of rotatable bonds is 6. The highest BCUT2D eigenvalue weighted by atomic mass is 19.3. The van der Waals surface area contributed by atoms with Crippen LogP contribution in [0.1, 0.15) is 10.4 Å². The van der Waals surface area contributed by atoms with Crippen molar-refractivity contribution in [2.24, 2.45) is 0 Å². The first-order valence-corrected chi connectivity index (χ1v) is 7.86. The molecule has 1 aliphatic rings. The number of para-hydroxylation sites is 2. The third-order valence-corrected chi connectivity index (χ3v) is 3.70. The van der Waals surface area contributed by atoms with E-state index in [0.717, 1.165) is 0 Å². The van der Waals surface area contributed by atoms with Crippen molar-refractivity contribution in [1.82, 2.24) is 5.32 Å². The summed E-state index contributed by atoms with van der Waals surface area (Å²) in [6, 6.07) is 11.2. The zero-order valence-electron chi connectivity index (χ0n) is 13.9. The van der Waals surface area contributed by atoms with Crippen molar-refractivity contribution in [3.63, 3.8) is 0 Å². The first kappa shape index (κ1) is 17.8. The Morgan fingerprint density at radius 3 is 2.73 bits per heavy atom. The Morgan fingerprint density at radius 2 is 2.00 bits per heavy atom. The number of halogens is 2. The van der Waals surface area contributed by atoms with Gasteiger partial charge in [0.25, 0.3) is 5.91 Å². The molecule has 1 atom stereocenters. The summed E-state index contributed by atoms with van der Waals surface area (Å²) in [5, 5.41) is 2.72. The Balaban J connectivity index is 1.60. The number of ether oxygens (including phenoxy) is 4. The number of hydrogen-bond acceptors (Lipinski definition) is 5. The van der Waals surface area contributed by atoms with E-state index in [4.69, 9.17) is 14.2 Å². The van der Waals surface area contributed by atoms with E-state index in [9.17, 15) is 13.6 Å². The molecule has 0 aliphatic carbocycles. The van der Waals surface area contributed by atoms with Crippen LogP contribution in [-0.4, -0.2) is 38.9 Å². The maximum Gasteiger partial charge on any atom is 0.387 e. The molecule has 0 bridgehead atoms. The molecule has 1 aliphatic heterocycles. The molecule has 1 N–H and O–H groups in total. The monoisotopic (exact) mass is 365 g/mol. The van der Waals surface area contributed by atoms with Crippen molar-refractivity contribution in [3.05, 3.63) is 48.0 Å². The number of hydrogen-bond donors (Lipinski definition) is 1. The predicted octanol–water partition coefficient (Wildman–Crippen LogP) is 2.87. The van der Waals surface area contributed by atoms with Crippen LogP contribution in [-0.2, 0) is 0 Å². The second-order valence-corrected chi connectivity index (χ2v) is 5.45. The van der Waals surface area contributed by atoms with Gasteiger partial charge >= 0.3 is 6.61 Å². The van der Waals surface area contributed by atoms with E-state index < -0.39 is 12.5 Å². The van der Waals surface area contributed by atoms with E-state index in [-0.39, 0.29) is 29.7 Å². The smallest absolute Gasteiger partial charge is 0.387 e. The van der Waals surface area contributed by atoms with Crippen LogP contribution >= 0.6 is 0 Å². The molecule has 138 valence electrons. The molecule has 2 aromatic carbocycles. The summed E-state index contributed by atoms with van der Waals surface area (Å²) < 4.78 is 45.3. The number of methoxy groups -OCH3 is 1. The van der Waals surface area contributed by atoms with E-state index >= 15 is 0 Å². The van der Waals surface area contributed by atoms with Crippen molar-refractivity contribution in [2.45, 2.75) is 12.7 Å². The summed E-state index contributed by atoms with van der Waals surface area (Å²) in [6.07, 6.45) is -0.336. The molecule has 26 heavy (non-hydrogen) atoms. The number of alkyl halides is 2. The fraction of sp³-hybridized carbons (Fsp3) is 0.278. The first-order valence-electron chi connectivity index (χ1n) is 7.86. The number of benzene rings is 2. The van der Waals surface area contributed by atoms with Gasteiger partial charge in [-0.05, 0) is 30.3 Å². The van der Waals surface area contributed by atoms with Gasteiger partial charge in [0.1, 0.15) is 12.7 Å². The molecule has 1 heterocycles. The average Bonchev–Trinajstić information content (AvgIpc) is 2.65. The molecule has 0 saturated heterocycles. The molecule has 0 fully saturated rings. The van der Waals surface area contributed by atoms with E-state index in [1.807, 2.05) is 12.1 Å². The molecule has 0 aromatic heterocycles. The molecule has 1 amide bonds. The quantitative estimate of drug-likeness (QED) is 0.853. The summed E-state index contributed by atoms with van der Waals surface area (Å²) in [5.41, 5.74) is 0.251. The third kappa shape index (κ3) is 4.14. The molecular weight excluding hydrogens is 348 g/mol. The van der Waals surface area contributed by atoms with Gasteiger partial charge in [-0.2, -0.15) is 8.78 Å². The number of amides is 1. The Labute approximate surface area is 148 Å². The molecule has 2 aromatic rings. The molecule has 0 radical (unpaired) electrons. The maximum atomic E-state index is 12.3. The molecule has 0 spiro atoms. The third-order valence-electron chi connectivity index (χ3n) is 3.70. The second-order valence-electron chi connectivity index (χ2n) is 5.45. The largest absolute Gasteiger partial charge is 0.493 e. The highest BCUT2D eigenvalue weighted by Gasteiger charge is 2.21. The lowest BCUT2D eigenvalue weighted by atomic mass is 10.2. The number of carbonyl (C=O) groups excluding carboxylic acids is 1. The van der Waals surface area contributed by atoms with Gasteiger partial charge in [-0.3, -0.25) is 4.79 Å². The summed E-state index contributed by atoms with van der Waals surface area (Å²) in [4.78, 5) is 12.3. The van der Waals surface area contributed by atoms with E-state index in [2.05, 4.69) is 10.1 Å². The minimum Gasteiger partial charge on any atom is -0.493 e. The normalized spacial score (nSPS) is 15.5. The molecule has 3 rings (SSSR count). The van der Waals surface area contributed by atoms with Crippen LogP contribution in [0, 0.1) is 0 Å². The van der Waals surface area contributed by atoms with Crippen LogP contribution in [0.2, 0.25) is 0 Å². The summed E-state index contributed by atoms with van der Waals surface area (Å²) in [5.74, 6) is 0.792. The lowest BCUT2D eigenvalue weighted by Crippen LogP contribution is -2.40. The van der Waals surface area contributed by atoms with Crippen LogP contribution < -0.4 is 24.3 Å². The van der Waals surface area contributed by atoms with Crippen LogP contribution in [0.3, 0.4) is 0 Å². The maximum absolute atomic E-state index is 12.3. The molecule has 6 nitrogen and oxygen atoms in total. The zero-order valence-corrected chi connectivity index (χ0v) is 13.9. The van der Waals surface area contributed by atoms with Gasteiger partial charge < -0.3 is 24.3 Å². The molecule has 0 saturated carbocycles. The van der Waals surface area contributed by atoms with Gasteiger partial charge in [0, 0.05) is 5.56 Å². The van der Waals surface area contributed by atoms with Gasteiger partial charge in [0.15, 0.2) is 23.0 Å². The van der Waals surface area contributed by atoms with Gasteiger partial charge in [0.2, 0.25) is 0 Å². The first-order chi connectivity index (χ1) is 12.6. The lowest BCUT2D eigenvalue weighted by molar-refractivity contribution is -0.0512. The summed E-state index contributed by atoms with van der Waals surface area (Å²) in [6.45, 7) is -2.44. The van der Waals surface area contributed by atoms with Crippen LogP contribution in [0.25, 0.3) is 0 Å². The topological polar surface area (TPSA) is 66.0 Å². The van der Waals surface area contributed by atoms with Gasteiger partial charge in [-0.1, -0.05) is 12.1 Å². The highest BCUT2D eigenvalue weighted by molar-refractivity contribution is 5.94. The summed E-state index contributed by atoms with van der Waals surface area (Å²) in [7, 11) is 1.31. The standard InChI is InChI=1S/C18H17F2NO5/c1-23-16-8-11(6-7-15(16)26-18(19)20)17(22)21-9-12-10-24-13-4-2-3-5-14(13)25-12/h2-8,12,18H,9-10H2,1H3,(H,21,22). The van der Waals surface area contributed by atoms with E-state index in [1.54, 1.807) is 12.1 Å². The second kappa shape index (κ2) is 7.90. The predicted molar refractivity (Wildman–Crippen MR) is 88.3 cm³/mol. The highest BCUT2D eigenvalue weighted by Crippen LogP contribution is 2.31. The van der Waals surface area contributed by atoms with Crippen LogP contribution in [0.5, 0.6) is 23.0 Å².